The number of ether oxygens (including phenoxy) is 1. The highest BCUT2D eigenvalue weighted by molar-refractivity contribution is 5.81. The SMILES string of the molecule is CCNCc1cc(F)cc(OC(C)C(=O)NC(C)(C)C)c1. The van der Waals surface area contributed by atoms with E-state index in [1.165, 1.54) is 12.1 Å². The molecule has 1 atom stereocenters. The van der Waals surface area contributed by atoms with Gasteiger partial charge in [-0.3, -0.25) is 4.79 Å². The number of carbonyl (C=O) groups is 1. The molecule has 0 aromatic heterocycles. The van der Waals surface area contributed by atoms with Crippen molar-refractivity contribution in [3.63, 3.8) is 0 Å². The Morgan fingerprint density at radius 2 is 2.00 bits per heavy atom. The molecule has 1 aromatic carbocycles. The van der Waals surface area contributed by atoms with E-state index in [-0.39, 0.29) is 17.3 Å². The summed E-state index contributed by atoms with van der Waals surface area (Å²) in [6.07, 6.45) is -0.682. The smallest absolute Gasteiger partial charge is 0.261 e. The monoisotopic (exact) mass is 296 g/mol. The van der Waals surface area contributed by atoms with Crippen LogP contribution in [0, 0.1) is 5.82 Å². The van der Waals surface area contributed by atoms with Gasteiger partial charge in [-0.25, -0.2) is 4.39 Å². The Morgan fingerprint density at radius 1 is 1.33 bits per heavy atom. The summed E-state index contributed by atoms with van der Waals surface area (Å²) in [6, 6.07) is 4.48. The highest BCUT2D eigenvalue weighted by atomic mass is 19.1. The van der Waals surface area contributed by atoms with Crippen LogP contribution in [0.3, 0.4) is 0 Å². The first-order valence-corrected chi connectivity index (χ1v) is 7.20. The zero-order chi connectivity index (χ0) is 16.0. The van der Waals surface area contributed by atoms with E-state index in [1.807, 2.05) is 27.7 Å². The molecule has 0 saturated carbocycles. The van der Waals surface area contributed by atoms with Crippen LogP contribution < -0.4 is 15.4 Å². The molecule has 118 valence electrons. The molecule has 21 heavy (non-hydrogen) atoms. The fourth-order valence-corrected chi connectivity index (χ4v) is 1.79. The molecule has 0 aliphatic heterocycles. The summed E-state index contributed by atoms with van der Waals surface area (Å²) < 4.78 is 19.1. The van der Waals surface area contributed by atoms with Gasteiger partial charge in [-0.05, 0) is 51.9 Å². The third-order valence-corrected chi connectivity index (χ3v) is 2.69. The summed E-state index contributed by atoms with van der Waals surface area (Å²) in [4.78, 5) is 12.0. The van der Waals surface area contributed by atoms with Crippen molar-refractivity contribution < 1.29 is 13.9 Å². The van der Waals surface area contributed by atoms with Crippen molar-refractivity contribution in [2.24, 2.45) is 0 Å². The van der Waals surface area contributed by atoms with Crippen LogP contribution in [0.15, 0.2) is 18.2 Å². The third kappa shape index (κ3) is 6.58. The molecule has 0 aliphatic carbocycles. The molecule has 1 unspecified atom stereocenters. The fraction of sp³-hybridized carbons (Fsp3) is 0.562. The maximum atomic E-state index is 13.6. The Kier molecular flexibility index (Phi) is 6.15. The number of nitrogens with one attached hydrogen (secondary N) is 2. The van der Waals surface area contributed by atoms with E-state index in [0.29, 0.717) is 12.3 Å². The maximum Gasteiger partial charge on any atom is 0.261 e. The van der Waals surface area contributed by atoms with Crippen LogP contribution in [0.25, 0.3) is 0 Å². The fourth-order valence-electron chi connectivity index (χ4n) is 1.79. The molecule has 1 amide bonds. The van der Waals surface area contributed by atoms with Crippen molar-refractivity contribution in [2.75, 3.05) is 6.54 Å². The van der Waals surface area contributed by atoms with E-state index in [0.717, 1.165) is 12.1 Å². The van der Waals surface area contributed by atoms with Gasteiger partial charge in [-0.1, -0.05) is 6.92 Å². The number of rotatable bonds is 6. The maximum absolute atomic E-state index is 13.6. The van der Waals surface area contributed by atoms with E-state index in [1.54, 1.807) is 13.0 Å². The van der Waals surface area contributed by atoms with Crippen molar-refractivity contribution in [1.82, 2.24) is 10.6 Å². The predicted octanol–water partition coefficient (Wildman–Crippen LogP) is 2.62. The molecule has 0 heterocycles. The molecule has 0 spiro atoms. The van der Waals surface area contributed by atoms with Crippen LogP contribution in [0.5, 0.6) is 5.75 Å². The summed E-state index contributed by atoms with van der Waals surface area (Å²) in [5, 5.41) is 5.96. The summed E-state index contributed by atoms with van der Waals surface area (Å²) in [6.45, 7) is 10.7. The van der Waals surface area contributed by atoms with E-state index in [2.05, 4.69) is 10.6 Å². The van der Waals surface area contributed by atoms with Gasteiger partial charge in [0, 0.05) is 18.2 Å². The number of amides is 1. The molecule has 2 N–H and O–H groups in total. The molecule has 1 aromatic rings. The number of hydrogen-bond donors (Lipinski definition) is 2. The van der Waals surface area contributed by atoms with Crippen LogP contribution in [0.4, 0.5) is 4.39 Å². The molecule has 0 saturated heterocycles. The summed E-state index contributed by atoms with van der Waals surface area (Å²) in [5.74, 6) is -0.233. The standard InChI is InChI=1S/C16H25FN2O2/c1-6-18-10-12-7-13(17)9-14(8-12)21-11(2)15(20)19-16(3,4)5/h7-9,11,18H,6,10H2,1-5H3,(H,19,20). The highest BCUT2D eigenvalue weighted by Gasteiger charge is 2.20. The van der Waals surface area contributed by atoms with Gasteiger partial charge in [-0.2, -0.15) is 0 Å². The second kappa shape index (κ2) is 7.41. The van der Waals surface area contributed by atoms with E-state index in [9.17, 15) is 9.18 Å². The summed E-state index contributed by atoms with van der Waals surface area (Å²) in [5.41, 5.74) is 0.461. The first-order valence-electron chi connectivity index (χ1n) is 7.20. The van der Waals surface area contributed by atoms with Gasteiger partial charge >= 0.3 is 0 Å². The van der Waals surface area contributed by atoms with Gasteiger partial charge in [0.1, 0.15) is 11.6 Å². The van der Waals surface area contributed by atoms with E-state index < -0.39 is 6.10 Å². The Bertz CT molecular complexity index is 484. The molecule has 0 aliphatic rings. The quantitative estimate of drug-likeness (QED) is 0.848. The normalized spacial score (nSPS) is 12.9. The van der Waals surface area contributed by atoms with Crippen LogP contribution in [-0.4, -0.2) is 24.1 Å². The third-order valence-electron chi connectivity index (χ3n) is 2.69. The van der Waals surface area contributed by atoms with Gasteiger partial charge in [0.2, 0.25) is 0 Å². The van der Waals surface area contributed by atoms with Crippen molar-refractivity contribution in [1.29, 1.82) is 0 Å². The molecule has 0 fully saturated rings. The number of carbonyl (C=O) groups excluding carboxylic acids is 1. The average molecular weight is 296 g/mol. The Balaban J connectivity index is 2.73. The second-order valence-corrected chi connectivity index (χ2v) is 6.07. The van der Waals surface area contributed by atoms with Crippen molar-refractivity contribution >= 4 is 5.91 Å². The average Bonchev–Trinajstić information content (AvgIpc) is 2.33. The largest absolute Gasteiger partial charge is 0.481 e. The molecular formula is C16H25FN2O2. The number of halogens is 1. The number of hydrogen-bond acceptors (Lipinski definition) is 3. The Morgan fingerprint density at radius 3 is 2.57 bits per heavy atom. The minimum atomic E-state index is -0.682. The van der Waals surface area contributed by atoms with Crippen LogP contribution in [0.2, 0.25) is 0 Å². The molecule has 4 nitrogen and oxygen atoms in total. The molecule has 5 heteroatoms. The first kappa shape index (κ1) is 17.4. The van der Waals surface area contributed by atoms with Gasteiger partial charge in [-0.15, -0.1) is 0 Å². The van der Waals surface area contributed by atoms with Crippen LogP contribution >= 0.6 is 0 Å². The van der Waals surface area contributed by atoms with Crippen molar-refractivity contribution in [3.05, 3.63) is 29.6 Å². The summed E-state index contributed by atoms with van der Waals surface area (Å²) in [7, 11) is 0. The van der Waals surface area contributed by atoms with Gasteiger partial charge < -0.3 is 15.4 Å². The van der Waals surface area contributed by atoms with Gasteiger partial charge in [0.05, 0.1) is 0 Å². The van der Waals surface area contributed by atoms with E-state index >= 15 is 0 Å². The van der Waals surface area contributed by atoms with Crippen LogP contribution in [0.1, 0.15) is 40.2 Å². The lowest BCUT2D eigenvalue weighted by Crippen LogP contribution is -2.46. The first-order chi connectivity index (χ1) is 9.71. The molecular weight excluding hydrogens is 271 g/mol. The van der Waals surface area contributed by atoms with Gasteiger partial charge in [0.15, 0.2) is 6.10 Å². The Hall–Kier alpha value is -1.62. The van der Waals surface area contributed by atoms with Crippen molar-refractivity contribution in [2.45, 2.75) is 52.8 Å². The lowest BCUT2D eigenvalue weighted by Gasteiger charge is -2.23. The topological polar surface area (TPSA) is 50.4 Å². The number of benzene rings is 1. The Labute approximate surface area is 126 Å². The van der Waals surface area contributed by atoms with Crippen molar-refractivity contribution in [3.8, 4) is 5.75 Å². The van der Waals surface area contributed by atoms with E-state index in [4.69, 9.17) is 4.74 Å². The lowest BCUT2D eigenvalue weighted by atomic mass is 10.1. The highest BCUT2D eigenvalue weighted by Crippen LogP contribution is 2.18. The predicted molar refractivity (Wildman–Crippen MR) is 81.8 cm³/mol. The zero-order valence-corrected chi connectivity index (χ0v) is 13.4. The zero-order valence-electron chi connectivity index (χ0n) is 13.4. The van der Waals surface area contributed by atoms with Gasteiger partial charge in [0.25, 0.3) is 5.91 Å². The minimum absolute atomic E-state index is 0.222. The van der Waals surface area contributed by atoms with Crippen LogP contribution in [-0.2, 0) is 11.3 Å². The summed E-state index contributed by atoms with van der Waals surface area (Å²) >= 11 is 0. The lowest BCUT2D eigenvalue weighted by molar-refractivity contribution is -0.128. The minimum Gasteiger partial charge on any atom is -0.481 e. The molecule has 0 radical (unpaired) electrons. The second-order valence-electron chi connectivity index (χ2n) is 6.07. The molecule has 1 rings (SSSR count). The molecule has 0 bridgehead atoms.